The Morgan fingerprint density at radius 1 is 1.26 bits per heavy atom. The summed E-state index contributed by atoms with van der Waals surface area (Å²) in [5.74, 6) is 0.314. The van der Waals surface area contributed by atoms with Gasteiger partial charge >= 0.3 is 0 Å². The van der Waals surface area contributed by atoms with E-state index < -0.39 is 0 Å². The van der Waals surface area contributed by atoms with Gasteiger partial charge in [0.25, 0.3) is 0 Å². The number of carbonyl (C=O) groups is 2. The quantitative estimate of drug-likeness (QED) is 0.846. The second-order valence-electron chi connectivity index (χ2n) is 5.18. The zero-order valence-corrected chi connectivity index (χ0v) is 13.7. The summed E-state index contributed by atoms with van der Waals surface area (Å²) in [5.41, 5.74) is 1.03. The molecular formula is C17H19ClN2O3. The van der Waals surface area contributed by atoms with Gasteiger partial charge in [-0.15, -0.1) is 0 Å². The Labute approximate surface area is 140 Å². The molecule has 0 fully saturated rings. The van der Waals surface area contributed by atoms with Gasteiger partial charge in [0.05, 0.1) is 19.4 Å². The minimum atomic E-state index is -0.220. The smallest absolute Gasteiger partial charge is 0.240 e. The predicted molar refractivity (Wildman–Crippen MR) is 88.0 cm³/mol. The van der Waals surface area contributed by atoms with Crippen LogP contribution in [0.2, 0.25) is 5.02 Å². The van der Waals surface area contributed by atoms with Crippen LogP contribution in [-0.2, 0) is 22.6 Å². The number of halogens is 1. The van der Waals surface area contributed by atoms with Crippen molar-refractivity contribution in [2.24, 2.45) is 0 Å². The summed E-state index contributed by atoms with van der Waals surface area (Å²) in [7, 11) is 0. The van der Waals surface area contributed by atoms with E-state index in [0.717, 1.165) is 5.56 Å². The average molecular weight is 335 g/mol. The molecule has 1 heterocycles. The van der Waals surface area contributed by atoms with E-state index in [1.54, 1.807) is 24.5 Å². The van der Waals surface area contributed by atoms with Gasteiger partial charge < -0.3 is 14.6 Å². The molecule has 0 aliphatic carbocycles. The molecule has 0 spiro atoms. The van der Waals surface area contributed by atoms with Crippen LogP contribution >= 0.6 is 11.6 Å². The highest BCUT2D eigenvalue weighted by Crippen LogP contribution is 2.11. The zero-order valence-electron chi connectivity index (χ0n) is 12.9. The van der Waals surface area contributed by atoms with Gasteiger partial charge in [0, 0.05) is 18.5 Å². The third-order valence-corrected chi connectivity index (χ3v) is 3.61. The largest absolute Gasteiger partial charge is 0.467 e. The molecule has 0 saturated carbocycles. The van der Waals surface area contributed by atoms with E-state index in [9.17, 15) is 9.59 Å². The van der Waals surface area contributed by atoms with Crippen LogP contribution in [0.25, 0.3) is 0 Å². The maximum Gasteiger partial charge on any atom is 0.240 e. The van der Waals surface area contributed by atoms with Crippen LogP contribution in [0.4, 0.5) is 0 Å². The highest BCUT2D eigenvalue weighted by Gasteiger charge is 2.13. The first-order chi connectivity index (χ1) is 11.0. The lowest BCUT2D eigenvalue weighted by Crippen LogP contribution is -2.40. The molecule has 0 aliphatic heterocycles. The molecule has 2 aromatic rings. The van der Waals surface area contributed by atoms with Crippen LogP contribution in [0.3, 0.4) is 0 Å². The van der Waals surface area contributed by atoms with Gasteiger partial charge in [0.1, 0.15) is 5.76 Å². The Hall–Kier alpha value is -2.27. The van der Waals surface area contributed by atoms with Crippen LogP contribution in [0.1, 0.15) is 18.2 Å². The van der Waals surface area contributed by atoms with Crippen LogP contribution < -0.4 is 5.32 Å². The summed E-state index contributed by atoms with van der Waals surface area (Å²) >= 11 is 5.94. The lowest BCUT2D eigenvalue weighted by Gasteiger charge is -2.20. The molecule has 0 radical (unpaired) electrons. The van der Waals surface area contributed by atoms with Crippen molar-refractivity contribution in [1.29, 1.82) is 0 Å². The number of rotatable bonds is 7. The minimum absolute atomic E-state index is 0.0244. The standard InChI is InChI=1S/C17H19ClN2O3/c1-13(21)20(8-7-14-4-2-5-15(18)10-14)12-17(22)19-11-16-6-3-9-23-16/h2-6,9-10H,7-8,11-12H2,1H3,(H,19,22). The maximum absolute atomic E-state index is 12.0. The van der Waals surface area contributed by atoms with Crippen molar-refractivity contribution in [3.8, 4) is 0 Å². The van der Waals surface area contributed by atoms with Gasteiger partial charge in [0.15, 0.2) is 0 Å². The van der Waals surface area contributed by atoms with Crippen molar-refractivity contribution in [3.63, 3.8) is 0 Å². The molecule has 0 atom stereocenters. The molecular weight excluding hydrogens is 316 g/mol. The summed E-state index contributed by atoms with van der Waals surface area (Å²) in [5, 5.41) is 3.39. The van der Waals surface area contributed by atoms with Crippen LogP contribution in [0.5, 0.6) is 0 Å². The van der Waals surface area contributed by atoms with Crippen molar-refractivity contribution in [2.75, 3.05) is 13.1 Å². The zero-order chi connectivity index (χ0) is 16.7. The topological polar surface area (TPSA) is 62.6 Å². The Balaban J connectivity index is 1.83. The summed E-state index contributed by atoms with van der Waals surface area (Å²) in [6.07, 6.45) is 2.19. The van der Waals surface area contributed by atoms with E-state index in [4.69, 9.17) is 16.0 Å². The number of nitrogens with one attached hydrogen (secondary N) is 1. The van der Waals surface area contributed by atoms with E-state index in [0.29, 0.717) is 30.3 Å². The summed E-state index contributed by atoms with van der Waals surface area (Å²) in [4.78, 5) is 25.2. The highest BCUT2D eigenvalue weighted by atomic mass is 35.5. The van der Waals surface area contributed by atoms with Crippen molar-refractivity contribution in [1.82, 2.24) is 10.2 Å². The molecule has 5 nitrogen and oxygen atoms in total. The minimum Gasteiger partial charge on any atom is -0.467 e. The van der Waals surface area contributed by atoms with Crippen molar-refractivity contribution >= 4 is 23.4 Å². The molecule has 23 heavy (non-hydrogen) atoms. The van der Waals surface area contributed by atoms with Crippen LogP contribution in [0.15, 0.2) is 47.1 Å². The molecule has 0 aliphatic rings. The van der Waals surface area contributed by atoms with Gasteiger partial charge in [-0.2, -0.15) is 0 Å². The number of amides is 2. The molecule has 1 aromatic heterocycles. The first kappa shape index (κ1) is 17.1. The van der Waals surface area contributed by atoms with Crippen LogP contribution in [0, 0.1) is 0 Å². The number of carbonyl (C=O) groups excluding carboxylic acids is 2. The number of furan rings is 1. The average Bonchev–Trinajstić information content (AvgIpc) is 3.02. The third kappa shape index (κ3) is 5.79. The fourth-order valence-electron chi connectivity index (χ4n) is 2.13. The SMILES string of the molecule is CC(=O)N(CCc1cccc(Cl)c1)CC(=O)NCc1ccco1. The monoisotopic (exact) mass is 334 g/mol. The van der Waals surface area contributed by atoms with Crippen molar-refractivity contribution in [2.45, 2.75) is 19.9 Å². The maximum atomic E-state index is 12.0. The molecule has 0 saturated heterocycles. The molecule has 2 rings (SSSR count). The number of nitrogens with zero attached hydrogens (tertiary/aromatic N) is 1. The van der Waals surface area contributed by atoms with Gasteiger partial charge in [-0.05, 0) is 36.2 Å². The van der Waals surface area contributed by atoms with Gasteiger partial charge in [-0.25, -0.2) is 0 Å². The molecule has 1 N–H and O–H groups in total. The van der Waals surface area contributed by atoms with Gasteiger partial charge in [-0.1, -0.05) is 23.7 Å². The normalized spacial score (nSPS) is 10.3. The molecule has 2 amide bonds. The first-order valence-corrected chi connectivity index (χ1v) is 7.71. The van der Waals surface area contributed by atoms with E-state index in [2.05, 4.69) is 5.32 Å². The Morgan fingerprint density at radius 2 is 2.09 bits per heavy atom. The lowest BCUT2D eigenvalue weighted by molar-refractivity contribution is -0.134. The predicted octanol–water partition coefficient (Wildman–Crippen LogP) is 2.64. The molecule has 122 valence electrons. The summed E-state index contributed by atoms with van der Waals surface area (Å²) < 4.78 is 5.15. The van der Waals surface area contributed by atoms with Crippen molar-refractivity contribution in [3.05, 3.63) is 59.0 Å². The number of benzene rings is 1. The Morgan fingerprint density at radius 3 is 2.74 bits per heavy atom. The van der Waals surface area contributed by atoms with E-state index >= 15 is 0 Å². The van der Waals surface area contributed by atoms with Gasteiger partial charge in [0.2, 0.25) is 11.8 Å². The second-order valence-corrected chi connectivity index (χ2v) is 5.61. The van der Waals surface area contributed by atoms with E-state index in [1.807, 2.05) is 18.2 Å². The molecule has 1 aromatic carbocycles. The van der Waals surface area contributed by atoms with E-state index in [-0.39, 0.29) is 18.4 Å². The van der Waals surface area contributed by atoms with E-state index in [1.165, 1.54) is 11.8 Å². The second kappa shape index (κ2) is 8.39. The fourth-order valence-corrected chi connectivity index (χ4v) is 2.35. The molecule has 0 unspecified atom stereocenters. The van der Waals surface area contributed by atoms with Crippen molar-refractivity contribution < 1.29 is 14.0 Å². The summed E-state index contributed by atoms with van der Waals surface area (Å²) in [6.45, 7) is 2.25. The third-order valence-electron chi connectivity index (χ3n) is 3.38. The fraction of sp³-hybridized carbons (Fsp3) is 0.294. The summed E-state index contributed by atoms with van der Waals surface area (Å²) in [6, 6.07) is 11.0. The number of hydrogen-bond acceptors (Lipinski definition) is 3. The lowest BCUT2D eigenvalue weighted by atomic mass is 10.1. The van der Waals surface area contributed by atoms with Crippen LogP contribution in [-0.4, -0.2) is 29.8 Å². The molecule has 0 bridgehead atoms. The first-order valence-electron chi connectivity index (χ1n) is 7.33. The van der Waals surface area contributed by atoms with Gasteiger partial charge in [-0.3, -0.25) is 9.59 Å². The Kier molecular flexibility index (Phi) is 6.23. The molecule has 6 heteroatoms. The highest BCUT2D eigenvalue weighted by molar-refractivity contribution is 6.30. The number of hydrogen-bond donors (Lipinski definition) is 1. The Bertz CT molecular complexity index is 656.